The number of unbranched alkanes of at least 4 members (excludes halogenated alkanes) is 7. The molecule has 0 aromatic rings. The number of hydrogen-bond donors (Lipinski definition) is 1. The van der Waals surface area contributed by atoms with Gasteiger partial charge in [0.2, 0.25) is 0 Å². The van der Waals surface area contributed by atoms with Gasteiger partial charge in [-0.05, 0) is 12.2 Å². The number of rotatable bonds is 8. The molecule has 2 heteroatoms. The van der Waals surface area contributed by atoms with E-state index in [1.807, 2.05) is 0 Å². The average Bonchev–Trinajstić information content (AvgIpc) is 2.03. The highest BCUT2D eigenvalue weighted by Crippen LogP contribution is 2.08. The van der Waals surface area contributed by atoms with Gasteiger partial charge >= 0.3 is 0 Å². The van der Waals surface area contributed by atoms with Crippen LogP contribution in [-0.4, -0.2) is 5.75 Å². The number of thiol groups is 1. The monoisotopic (exact) mass is 210 g/mol. The molecule has 0 rings (SSSR count). The molecular weight excluding hydrogens is 188 g/mol. The summed E-state index contributed by atoms with van der Waals surface area (Å²) < 4.78 is 0. The second-order valence-electron chi connectivity index (χ2n) is 3.20. The van der Waals surface area contributed by atoms with Crippen LogP contribution in [0.15, 0.2) is 0 Å². The van der Waals surface area contributed by atoms with Gasteiger partial charge in [0.25, 0.3) is 0 Å². The maximum Gasteiger partial charge on any atom is -0.00979 e. The average molecular weight is 211 g/mol. The smallest absolute Gasteiger partial charge is 0.00979 e. The third kappa shape index (κ3) is 13.2. The van der Waals surface area contributed by atoms with Crippen molar-refractivity contribution in [2.75, 3.05) is 5.75 Å². The molecule has 0 heterocycles. The van der Waals surface area contributed by atoms with Gasteiger partial charge in [0, 0.05) is 0 Å². The molecule has 76 valence electrons. The molecule has 0 aromatic carbocycles. The van der Waals surface area contributed by atoms with Gasteiger partial charge in [0.1, 0.15) is 0 Å². The van der Waals surface area contributed by atoms with Crippen molar-refractivity contribution in [1.29, 1.82) is 0 Å². The fourth-order valence-electron chi connectivity index (χ4n) is 1.25. The first kappa shape index (κ1) is 15.1. The van der Waals surface area contributed by atoms with Crippen LogP contribution >= 0.6 is 25.0 Å². The minimum Gasteiger partial charge on any atom is -0.179 e. The van der Waals surface area contributed by atoms with Crippen LogP contribution in [0, 0.1) is 0 Å². The van der Waals surface area contributed by atoms with Crippen molar-refractivity contribution in [2.45, 2.75) is 58.3 Å². The maximum absolute atomic E-state index is 4.18. The minimum atomic E-state index is 0. The van der Waals surface area contributed by atoms with Crippen molar-refractivity contribution in [3.8, 4) is 0 Å². The highest BCUT2D eigenvalue weighted by molar-refractivity contribution is 7.80. The molecule has 0 aliphatic carbocycles. The lowest BCUT2D eigenvalue weighted by Crippen LogP contribution is -1.80. The van der Waals surface area contributed by atoms with Gasteiger partial charge in [-0.25, -0.2) is 0 Å². The summed E-state index contributed by atoms with van der Waals surface area (Å²) >= 11 is 4.18. The lowest BCUT2D eigenvalue weighted by atomic mass is 10.1. The predicted molar refractivity (Wildman–Crippen MR) is 63.7 cm³/mol. The van der Waals surface area contributed by atoms with Gasteiger partial charge in [-0.2, -0.15) is 12.6 Å². The molecule has 0 unspecified atom stereocenters. The van der Waals surface area contributed by atoms with Crippen LogP contribution < -0.4 is 0 Å². The van der Waals surface area contributed by atoms with Gasteiger partial charge in [-0.3, -0.25) is 0 Å². The molecule has 0 fully saturated rings. The molecule has 0 spiro atoms. The Morgan fingerprint density at radius 3 is 1.58 bits per heavy atom. The van der Waals surface area contributed by atoms with Crippen molar-refractivity contribution in [3.63, 3.8) is 0 Å². The van der Waals surface area contributed by atoms with Gasteiger partial charge in [-0.1, -0.05) is 51.9 Å². The van der Waals surface area contributed by atoms with E-state index in [2.05, 4.69) is 19.6 Å². The third-order valence-corrected chi connectivity index (χ3v) is 2.33. The first-order chi connectivity index (χ1) is 5.41. The molecular formula is C10H23ClS. The molecule has 0 aliphatic heterocycles. The first-order valence-corrected chi connectivity index (χ1v) is 5.66. The molecule has 0 saturated heterocycles. The van der Waals surface area contributed by atoms with Gasteiger partial charge < -0.3 is 0 Å². The fourth-order valence-corrected chi connectivity index (χ4v) is 1.47. The van der Waals surface area contributed by atoms with E-state index in [1.165, 1.54) is 51.4 Å². The topological polar surface area (TPSA) is 0 Å². The van der Waals surface area contributed by atoms with Crippen molar-refractivity contribution in [3.05, 3.63) is 0 Å². The van der Waals surface area contributed by atoms with E-state index < -0.39 is 0 Å². The summed E-state index contributed by atoms with van der Waals surface area (Å²) in [5, 5.41) is 0. The summed E-state index contributed by atoms with van der Waals surface area (Å²) in [6.07, 6.45) is 11.2. The molecule has 0 nitrogen and oxygen atoms in total. The van der Waals surface area contributed by atoms with Crippen molar-refractivity contribution in [1.82, 2.24) is 0 Å². The minimum absolute atomic E-state index is 0. The molecule has 0 N–H and O–H groups in total. The first-order valence-electron chi connectivity index (χ1n) is 5.02. The summed E-state index contributed by atoms with van der Waals surface area (Å²) in [6, 6.07) is 0. The SMILES string of the molecule is CCCCCCCCCCS.Cl. The normalized spacial score (nSPS) is 9.50. The van der Waals surface area contributed by atoms with Crippen LogP contribution in [-0.2, 0) is 0 Å². The van der Waals surface area contributed by atoms with E-state index in [4.69, 9.17) is 0 Å². The Labute approximate surface area is 89.3 Å². The second kappa shape index (κ2) is 14.2. The molecule has 0 aromatic heterocycles. The highest BCUT2D eigenvalue weighted by atomic mass is 35.5. The Bertz CT molecular complexity index is 58.9. The maximum atomic E-state index is 4.18. The van der Waals surface area contributed by atoms with Crippen LogP contribution in [0.2, 0.25) is 0 Å². The van der Waals surface area contributed by atoms with Gasteiger partial charge in [-0.15, -0.1) is 12.4 Å². The van der Waals surface area contributed by atoms with Crippen LogP contribution in [0.1, 0.15) is 58.3 Å². The van der Waals surface area contributed by atoms with E-state index in [-0.39, 0.29) is 12.4 Å². The van der Waals surface area contributed by atoms with E-state index in [9.17, 15) is 0 Å². The lowest BCUT2D eigenvalue weighted by molar-refractivity contribution is 0.586. The summed E-state index contributed by atoms with van der Waals surface area (Å²) in [4.78, 5) is 0. The molecule has 0 radical (unpaired) electrons. The van der Waals surface area contributed by atoms with Crippen LogP contribution in [0.3, 0.4) is 0 Å². The van der Waals surface area contributed by atoms with Crippen LogP contribution in [0.5, 0.6) is 0 Å². The Hall–Kier alpha value is 0.640. The number of hydrogen-bond acceptors (Lipinski definition) is 1. The van der Waals surface area contributed by atoms with E-state index in [1.54, 1.807) is 0 Å². The molecule has 0 bridgehead atoms. The zero-order valence-electron chi connectivity index (χ0n) is 8.22. The summed E-state index contributed by atoms with van der Waals surface area (Å²) in [5.74, 6) is 1.06. The van der Waals surface area contributed by atoms with Crippen molar-refractivity contribution < 1.29 is 0 Å². The predicted octanol–water partition coefficient (Wildman–Crippen LogP) is 4.48. The summed E-state index contributed by atoms with van der Waals surface area (Å²) in [7, 11) is 0. The molecule has 0 saturated carbocycles. The Morgan fingerprint density at radius 2 is 1.17 bits per heavy atom. The van der Waals surface area contributed by atoms with Crippen LogP contribution in [0.25, 0.3) is 0 Å². The van der Waals surface area contributed by atoms with E-state index in [0.29, 0.717) is 0 Å². The van der Waals surface area contributed by atoms with E-state index in [0.717, 1.165) is 5.75 Å². The second-order valence-corrected chi connectivity index (χ2v) is 3.65. The van der Waals surface area contributed by atoms with Gasteiger partial charge in [0.05, 0.1) is 0 Å². The van der Waals surface area contributed by atoms with Crippen LogP contribution in [0.4, 0.5) is 0 Å². The number of halogens is 1. The quantitative estimate of drug-likeness (QED) is 0.443. The zero-order valence-corrected chi connectivity index (χ0v) is 9.93. The largest absolute Gasteiger partial charge is 0.179 e. The third-order valence-electron chi connectivity index (χ3n) is 2.01. The molecule has 0 aliphatic rings. The molecule has 0 amide bonds. The lowest BCUT2D eigenvalue weighted by Gasteiger charge is -1.98. The molecule has 12 heavy (non-hydrogen) atoms. The Kier molecular flexibility index (Phi) is 17.9. The van der Waals surface area contributed by atoms with Crippen molar-refractivity contribution in [2.24, 2.45) is 0 Å². The fraction of sp³-hybridized carbons (Fsp3) is 1.00. The standard InChI is InChI=1S/C10H22S.ClH/c1-2-3-4-5-6-7-8-9-10-11;/h11H,2-10H2,1H3;1H. The highest BCUT2D eigenvalue weighted by Gasteiger charge is 1.89. The summed E-state index contributed by atoms with van der Waals surface area (Å²) in [6.45, 7) is 2.26. The molecule has 0 atom stereocenters. The van der Waals surface area contributed by atoms with E-state index >= 15 is 0 Å². The summed E-state index contributed by atoms with van der Waals surface area (Å²) in [5.41, 5.74) is 0. The zero-order chi connectivity index (χ0) is 8.36. The van der Waals surface area contributed by atoms with Crippen molar-refractivity contribution >= 4 is 25.0 Å². The van der Waals surface area contributed by atoms with Gasteiger partial charge in [0.15, 0.2) is 0 Å². The Morgan fingerprint density at radius 1 is 0.750 bits per heavy atom. The Balaban J connectivity index is 0.